The van der Waals surface area contributed by atoms with E-state index >= 15 is 0 Å². The minimum atomic E-state index is -0.365. The second-order valence-electron chi connectivity index (χ2n) is 6.66. The number of fused-ring (bicyclic) bond motifs is 1. The van der Waals surface area contributed by atoms with E-state index in [1.807, 2.05) is 25.5 Å². The third kappa shape index (κ3) is 4.96. The number of aromatic nitrogens is 3. The first kappa shape index (κ1) is 19.1. The van der Waals surface area contributed by atoms with E-state index in [0.29, 0.717) is 12.5 Å². The van der Waals surface area contributed by atoms with Crippen molar-refractivity contribution >= 4 is 5.96 Å². The molecule has 146 valence electrons. The zero-order valence-electron chi connectivity index (χ0n) is 16.1. The van der Waals surface area contributed by atoms with Gasteiger partial charge >= 0.3 is 0 Å². The van der Waals surface area contributed by atoms with Crippen LogP contribution >= 0.6 is 0 Å². The molecule has 2 unspecified atom stereocenters. The second-order valence-corrected chi connectivity index (χ2v) is 6.66. The lowest BCUT2D eigenvalue weighted by atomic mass is 10.1. The summed E-state index contributed by atoms with van der Waals surface area (Å²) in [5.74, 6) is 2.30. The van der Waals surface area contributed by atoms with Gasteiger partial charge in [0.2, 0.25) is 0 Å². The van der Waals surface area contributed by atoms with Crippen LogP contribution in [0.1, 0.15) is 44.4 Å². The van der Waals surface area contributed by atoms with Crippen molar-refractivity contribution in [3.63, 3.8) is 0 Å². The van der Waals surface area contributed by atoms with Crippen LogP contribution in [-0.2, 0) is 6.54 Å². The zero-order chi connectivity index (χ0) is 19.2. The molecule has 7 nitrogen and oxygen atoms in total. The summed E-state index contributed by atoms with van der Waals surface area (Å²) < 4.78 is 21.3. The fourth-order valence-electron chi connectivity index (χ4n) is 3.10. The topological polar surface area (TPSA) is 76.4 Å². The predicted octanol–water partition coefficient (Wildman–Crippen LogP) is 2.58. The molecule has 0 amide bonds. The molecular formula is C19H27FN6O. The molecule has 0 saturated heterocycles. The van der Waals surface area contributed by atoms with Crippen LogP contribution < -0.4 is 15.4 Å². The van der Waals surface area contributed by atoms with Gasteiger partial charge in [-0.1, -0.05) is 12.1 Å². The highest BCUT2D eigenvalue weighted by Crippen LogP contribution is 2.23. The molecule has 1 aromatic heterocycles. The molecule has 27 heavy (non-hydrogen) atoms. The molecule has 0 fully saturated rings. The summed E-state index contributed by atoms with van der Waals surface area (Å²) in [6.07, 6.45) is 1.76. The summed E-state index contributed by atoms with van der Waals surface area (Å²) in [7, 11) is 0. The largest absolute Gasteiger partial charge is 0.486 e. The van der Waals surface area contributed by atoms with Crippen molar-refractivity contribution in [3.05, 3.63) is 41.7 Å². The Morgan fingerprint density at radius 1 is 1.44 bits per heavy atom. The number of guanidine groups is 1. The number of hydrogen-bond acceptors (Lipinski definition) is 4. The summed E-state index contributed by atoms with van der Waals surface area (Å²) in [4.78, 5) is 9.15. The first-order valence-corrected chi connectivity index (χ1v) is 9.44. The lowest BCUT2D eigenvalue weighted by Crippen LogP contribution is -2.42. The maximum absolute atomic E-state index is 13.7. The SMILES string of the molecule is CCNC(=NCC(C)Oc1ccccc1F)NC1CCCn2nc(C)nc21. The Kier molecular flexibility index (Phi) is 6.26. The van der Waals surface area contributed by atoms with Gasteiger partial charge < -0.3 is 15.4 Å². The van der Waals surface area contributed by atoms with Gasteiger partial charge in [0.1, 0.15) is 17.8 Å². The monoisotopic (exact) mass is 374 g/mol. The molecule has 0 saturated carbocycles. The molecule has 0 spiro atoms. The molecule has 0 radical (unpaired) electrons. The maximum atomic E-state index is 13.7. The Labute approximate surface area is 159 Å². The van der Waals surface area contributed by atoms with Gasteiger partial charge in [-0.3, -0.25) is 0 Å². The summed E-state index contributed by atoms with van der Waals surface area (Å²) >= 11 is 0. The number of nitrogens with zero attached hydrogens (tertiary/aromatic N) is 4. The van der Waals surface area contributed by atoms with Crippen LogP contribution in [0.2, 0.25) is 0 Å². The molecule has 1 aliphatic heterocycles. The van der Waals surface area contributed by atoms with E-state index in [9.17, 15) is 4.39 Å². The Hall–Kier alpha value is -2.64. The van der Waals surface area contributed by atoms with Gasteiger partial charge in [0.05, 0.1) is 12.6 Å². The van der Waals surface area contributed by atoms with Crippen molar-refractivity contribution in [2.45, 2.75) is 52.3 Å². The number of para-hydroxylation sites is 1. The van der Waals surface area contributed by atoms with Crippen LogP contribution in [0.15, 0.2) is 29.3 Å². The van der Waals surface area contributed by atoms with Gasteiger partial charge in [0.25, 0.3) is 0 Å². The van der Waals surface area contributed by atoms with E-state index in [1.54, 1.807) is 18.2 Å². The number of benzene rings is 1. The molecule has 1 aromatic carbocycles. The Morgan fingerprint density at radius 2 is 2.26 bits per heavy atom. The predicted molar refractivity (Wildman–Crippen MR) is 102 cm³/mol. The second kappa shape index (κ2) is 8.83. The Balaban J connectivity index is 1.64. The lowest BCUT2D eigenvalue weighted by molar-refractivity contribution is 0.220. The van der Waals surface area contributed by atoms with Crippen molar-refractivity contribution < 1.29 is 9.13 Å². The smallest absolute Gasteiger partial charge is 0.191 e. The van der Waals surface area contributed by atoms with E-state index in [1.165, 1.54) is 6.07 Å². The van der Waals surface area contributed by atoms with Crippen molar-refractivity contribution in [1.82, 2.24) is 25.4 Å². The quantitative estimate of drug-likeness (QED) is 0.600. The lowest BCUT2D eigenvalue weighted by Gasteiger charge is -2.25. The maximum Gasteiger partial charge on any atom is 0.191 e. The highest BCUT2D eigenvalue weighted by Gasteiger charge is 2.24. The van der Waals surface area contributed by atoms with Gasteiger partial charge in [0, 0.05) is 13.1 Å². The number of nitrogens with one attached hydrogen (secondary N) is 2. The summed E-state index contributed by atoms with van der Waals surface area (Å²) in [6.45, 7) is 7.85. The summed E-state index contributed by atoms with van der Waals surface area (Å²) in [5.41, 5.74) is 0. The van der Waals surface area contributed by atoms with Crippen LogP contribution in [0.5, 0.6) is 5.75 Å². The van der Waals surface area contributed by atoms with Gasteiger partial charge in [-0.15, -0.1) is 0 Å². The average Bonchev–Trinajstić information content (AvgIpc) is 3.03. The van der Waals surface area contributed by atoms with Gasteiger partial charge in [-0.05, 0) is 45.7 Å². The number of rotatable bonds is 6. The van der Waals surface area contributed by atoms with Crippen LogP contribution in [0.3, 0.4) is 0 Å². The molecule has 1 aliphatic rings. The Morgan fingerprint density at radius 3 is 3.04 bits per heavy atom. The van der Waals surface area contributed by atoms with E-state index in [4.69, 9.17) is 4.74 Å². The fourth-order valence-corrected chi connectivity index (χ4v) is 3.10. The number of hydrogen-bond donors (Lipinski definition) is 2. The van der Waals surface area contributed by atoms with Crippen LogP contribution in [0.25, 0.3) is 0 Å². The number of aliphatic imine (C=N–C) groups is 1. The van der Waals surface area contributed by atoms with E-state index in [0.717, 1.165) is 37.6 Å². The molecule has 8 heteroatoms. The molecule has 0 bridgehead atoms. The third-order valence-electron chi connectivity index (χ3n) is 4.31. The number of halogens is 1. The highest BCUT2D eigenvalue weighted by atomic mass is 19.1. The summed E-state index contributed by atoms with van der Waals surface area (Å²) in [5, 5.41) is 11.1. The van der Waals surface area contributed by atoms with E-state index in [-0.39, 0.29) is 23.7 Å². The first-order valence-electron chi connectivity index (χ1n) is 9.44. The van der Waals surface area contributed by atoms with Gasteiger partial charge in [0.15, 0.2) is 17.5 Å². The molecular weight excluding hydrogens is 347 g/mol. The number of aryl methyl sites for hydroxylation is 2. The van der Waals surface area contributed by atoms with E-state index in [2.05, 4.69) is 25.7 Å². The van der Waals surface area contributed by atoms with Crippen molar-refractivity contribution in [2.75, 3.05) is 13.1 Å². The Bertz CT molecular complexity index is 790. The molecule has 0 aliphatic carbocycles. The van der Waals surface area contributed by atoms with E-state index < -0.39 is 0 Å². The highest BCUT2D eigenvalue weighted by molar-refractivity contribution is 5.80. The first-order chi connectivity index (χ1) is 13.1. The molecule has 2 atom stereocenters. The normalized spacial score (nSPS) is 17.9. The minimum Gasteiger partial charge on any atom is -0.486 e. The molecule has 2 heterocycles. The number of ether oxygens (including phenoxy) is 1. The van der Waals surface area contributed by atoms with Gasteiger partial charge in [-0.25, -0.2) is 19.0 Å². The van der Waals surface area contributed by atoms with Crippen LogP contribution in [0, 0.1) is 12.7 Å². The van der Waals surface area contributed by atoms with Crippen molar-refractivity contribution in [2.24, 2.45) is 4.99 Å². The van der Waals surface area contributed by atoms with Crippen molar-refractivity contribution in [1.29, 1.82) is 0 Å². The summed E-state index contributed by atoms with van der Waals surface area (Å²) in [6, 6.07) is 6.47. The molecule has 2 N–H and O–H groups in total. The third-order valence-corrected chi connectivity index (χ3v) is 4.31. The average molecular weight is 374 g/mol. The van der Waals surface area contributed by atoms with Crippen molar-refractivity contribution in [3.8, 4) is 5.75 Å². The van der Waals surface area contributed by atoms with Crippen LogP contribution in [-0.4, -0.2) is 39.9 Å². The minimum absolute atomic E-state index is 0.0699. The molecule has 2 aromatic rings. The zero-order valence-corrected chi connectivity index (χ0v) is 16.1. The molecule has 3 rings (SSSR count). The van der Waals surface area contributed by atoms with Crippen LogP contribution in [0.4, 0.5) is 4.39 Å². The fraction of sp³-hybridized carbons (Fsp3) is 0.526. The standard InChI is InChI=1S/C19H27FN6O/c1-4-21-19(22-12-13(2)27-17-10-6-5-8-15(17)20)24-16-9-7-11-26-18(16)23-14(3)25-26/h5-6,8,10,13,16H,4,7,9,11-12H2,1-3H3,(H2,21,22,24). The van der Waals surface area contributed by atoms with Gasteiger partial charge in [-0.2, -0.15) is 5.10 Å².